The van der Waals surface area contributed by atoms with Gasteiger partial charge >= 0.3 is 0 Å². The average molecular weight is 208 g/mol. The van der Waals surface area contributed by atoms with Crippen LogP contribution in [0.3, 0.4) is 0 Å². The van der Waals surface area contributed by atoms with Crippen molar-refractivity contribution in [2.45, 2.75) is 6.92 Å². The summed E-state index contributed by atoms with van der Waals surface area (Å²) < 4.78 is 0. The van der Waals surface area contributed by atoms with Crippen molar-refractivity contribution in [3.05, 3.63) is 29.8 Å². The van der Waals surface area contributed by atoms with Gasteiger partial charge in [0.2, 0.25) is 0 Å². The quantitative estimate of drug-likeness (QED) is 0.672. The van der Waals surface area contributed by atoms with Crippen LogP contribution in [0.5, 0.6) is 0 Å². The molecule has 0 fully saturated rings. The monoisotopic (exact) mass is 208 g/mol. The minimum Gasteiger partial charge on any atom is -0.395 e. The van der Waals surface area contributed by atoms with Crippen molar-refractivity contribution in [3.8, 4) is 0 Å². The summed E-state index contributed by atoms with van der Waals surface area (Å²) in [7, 11) is 0. The predicted molar refractivity (Wildman–Crippen MR) is 60.0 cm³/mol. The number of aliphatic hydroxyl groups is 1. The van der Waals surface area contributed by atoms with Crippen LogP contribution in [0.25, 0.3) is 0 Å². The van der Waals surface area contributed by atoms with Crippen molar-refractivity contribution < 1.29 is 9.90 Å². The van der Waals surface area contributed by atoms with E-state index in [0.717, 1.165) is 5.69 Å². The number of rotatable bonds is 5. The van der Waals surface area contributed by atoms with Gasteiger partial charge in [-0.2, -0.15) is 0 Å². The Morgan fingerprint density at radius 3 is 2.80 bits per heavy atom. The van der Waals surface area contributed by atoms with Crippen molar-refractivity contribution >= 4 is 11.6 Å². The summed E-state index contributed by atoms with van der Waals surface area (Å²) in [5.41, 5.74) is 1.35. The lowest BCUT2D eigenvalue weighted by molar-refractivity contribution is 0.0956. The lowest BCUT2D eigenvalue weighted by atomic mass is 10.1. The number of hydrogen-bond donors (Lipinski definition) is 3. The molecule has 4 heteroatoms. The molecule has 82 valence electrons. The first-order chi connectivity index (χ1) is 7.29. The molecule has 0 radical (unpaired) electrons. The summed E-state index contributed by atoms with van der Waals surface area (Å²) in [4.78, 5) is 11.6. The lowest BCUT2D eigenvalue weighted by Gasteiger charge is -2.10. The topological polar surface area (TPSA) is 61.4 Å². The number of benzene rings is 1. The predicted octanol–water partition coefficient (Wildman–Crippen LogP) is 0.841. The zero-order valence-corrected chi connectivity index (χ0v) is 8.79. The maximum absolute atomic E-state index is 11.6. The first kappa shape index (κ1) is 11.5. The summed E-state index contributed by atoms with van der Waals surface area (Å²) in [5, 5.41) is 14.4. The van der Waals surface area contributed by atoms with Crippen LogP contribution in [0.15, 0.2) is 24.3 Å². The van der Waals surface area contributed by atoms with Crippen LogP contribution in [0.4, 0.5) is 5.69 Å². The van der Waals surface area contributed by atoms with Crippen LogP contribution in [0, 0.1) is 0 Å². The van der Waals surface area contributed by atoms with Crippen LogP contribution >= 0.6 is 0 Å². The van der Waals surface area contributed by atoms with Gasteiger partial charge < -0.3 is 15.7 Å². The van der Waals surface area contributed by atoms with E-state index in [1.165, 1.54) is 0 Å². The van der Waals surface area contributed by atoms with Crippen LogP contribution in [-0.2, 0) is 0 Å². The molecule has 0 aliphatic rings. The lowest BCUT2D eigenvalue weighted by Crippen LogP contribution is -2.24. The highest BCUT2D eigenvalue weighted by Crippen LogP contribution is 2.14. The van der Waals surface area contributed by atoms with Crippen LogP contribution in [-0.4, -0.2) is 30.7 Å². The number of carbonyl (C=O) groups is 1. The van der Waals surface area contributed by atoms with Crippen molar-refractivity contribution in [2.24, 2.45) is 0 Å². The van der Waals surface area contributed by atoms with Gasteiger partial charge in [-0.15, -0.1) is 0 Å². The largest absolute Gasteiger partial charge is 0.395 e. The van der Waals surface area contributed by atoms with Crippen molar-refractivity contribution in [1.82, 2.24) is 5.32 Å². The fourth-order valence-electron chi connectivity index (χ4n) is 1.28. The number of aliphatic hydroxyl groups excluding tert-OH is 1. The SMILES string of the molecule is CCNC(=O)c1ccccc1NCCO. The Hall–Kier alpha value is -1.55. The van der Waals surface area contributed by atoms with Gasteiger partial charge in [-0.3, -0.25) is 4.79 Å². The van der Waals surface area contributed by atoms with Gasteiger partial charge in [-0.25, -0.2) is 0 Å². The second kappa shape index (κ2) is 6.03. The van der Waals surface area contributed by atoms with E-state index < -0.39 is 0 Å². The van der Waals surface area contributed by atoms with Gasteiger partial charge in [0.15, 0.2) is 0 Å². The molecule has 15 heavy (non-hydrogen) atoms. The third-order valence-electron chi connectivity index (χ3n) is 1.94. The normalized spacial score (nSPS) is 9.73. The standard InChI is InChI=1S/C11H16N2O2/c1-2-12-11(15)9-5-3-4-6-10(9)13-7-8-14/h3-6,13-14H,2,7-8H2,1H3,(H,12,15). The van der Waals surface area contributed by atoms with E-state index in [0.29, 0.717) is 18.7 Å². The zero-order valence-electron chi connectivity index (χ0n) is 8.79. The maximum Gasteiger partial charge on any atom is 0.253 e. The minimum absolute atomic E-state index is 0.0454. The molecule has 3 N–H and O–H groups in total. The molecule has 0 atom stereocenters. The van der Waals surface area contributed by atoms with Gasteiger partial charge in [0, 0.05) is 18.8 Å². The molecular weight excluding hydrogens is 192 g/mol. The smallest absolute Gasteiger partial charge is 0.253 e. The van der Waals surface area contributed by atoms with Crippen LogP contribution < -0.4 is 10.6 Å². The van der Waals surface area contributed by atoms with E-state index in [1.807, 2.05) is 25.1 Å². The van der Waals surface area contributed by atoms with E-state index in [-0.39, 0.29) is 12.5 Å². The summed E-state index contributed by atoms with van der Waals surface area (Å²) in [5.74, 6) is -0.0986. The number of para-hydroxylation sites is 1. The first-order valence-electron chi connectivity index (χ1n) is 5.01. The van der Waals surface area contributed by atoms with E-state index in [2.05, 4.69) is 10.6 Å². The van der Waals surface area contributed by atoms with Gasteiger partial charge in [-0.05, 0) is 19.1 Å². The molecule has 0 spiro atoms. The Balaban J connectivity index is 2.80. The Morgan fingerprint density at radius 2 is 2.13 bits per heavy atom. The highest BCUT2D eigenvalue weighted by Gasteiger charge is 2.08. The molecule has 1 aromatic carbocycles. The maximum atomic E-state index is 11.6. The summed E-state index contributed by atoms with van der Waals surface area (Å²) in [6.45, 7) is 2.97. The van der Waals surface area contributed by atoms with Gasteiger partial charge in [-0.1, -0.05) is 12.1 Å². The van der Waals surface area contributed by atoms with Crippen molar-refractivity contribution in [2.75, 3.05) is 25.0 Å². The van der Waals surface area contributed by atoms with E-state index in [9.17, 15) is 4.79 Å². The second-order valence-corrected chi connectivity index (χ2v) is 3.06. The molecule has 1 aromatic rings. The molecule has 0 bridgehead atoms. The van der Waals surface area contributed by atoms with Gasteiger partial charge in [0.05, 0.1) is 12.2 Å². The van der Waals surface area contributed by atoms with Gasteiger partial charge in [0.1, 0.15) is 0 Å². The molecule has 0 saturated heterocycles. The fourth-order valence-corrected chi connectivity index (χ4v) is 1.28. The zero-order chi connectivity index (χ0) is 11.1. The molecule has 0 aromatic heterocycles. The summed E-state index contributed by atoms with van der Waals surface area (Å²) >= 11 is 0. The molecule has 1 rings (SSSR count). The van der Waals surface area contributed by atoms with E-state index in [4.69, 9.17) is 5.11 Å². The third-order valence-corrected chi connectivity index (χ3v) is 1.94. The molecule has 0 aliphatic carbocycles. The number of carbonyl (C=O) groups excluding carboxylic acids is 1. The fraction of sp³-hybridized carbons (Fsp3) is 0.364. The van der Waals surface area contributed by atoms with Crippen LogP contribution in [0.2, 0.25) is 0 Å². The highest BCUT2D eigenvalue weighted by molar-refractivity contribution is 5.99. The Bertz CT molecular complexity index is 326. The highest BCUT2D eigenvalue weighted by atomic mass is 16.3. The average Bonchev–Trinajstić information content (AvgIpc) is 2.27. The number of amides is 1. The Morgan fingerprint density at radius 1 is 1.40 bits per heavy atom. The molecule has 0 saturated carbocycles. The van der Waals surface area contributed by atoms with Crippen molar-refractivity contribution in [1.29, 1.82) is 0 Å². The minimum atomic E-state index is -0.0986. The van der Waals surface area contributed by atoms with E-state index in [1.54, 1.807) is 6.07 Å². The second-order valence-electron chi connectivity index (χ2n) is 3.06. The molecular formula is C11H16N2O2. The number of anilines is 1. The number of hydrogen-bond acceptors (Lipinski definition) is 3. The molecule has 4 nitrogen and oxygen atoms in total. The van der Waals surface area contributed by atoms with Crippen molar-refractivity contribution in [3.63, 3.8) is 0 Å². The molecule has 0 aliphatic heterocycles. The van der Waals surface area contributed by atoms with E-state index >= 15 is 0 Å². The van der Waals surface area contributed by atoms with Crippen LogP contribution in [0.1, 0.15) is 17.3 Å². The number of nitrogens with one attached hydrogen (secondary N) is 2. The molecule has 1 amide bonds. The van der Waals surface area contributed by atoms with Gasteiger partial charge in [0.25, 0.3) is 5.91 Å². The Kier molecular flexibility index (Phi) is 4.63. The molecule has 0 heterocycles. The summed E-state index contributed by atoms with van der Waals surface area (Å²) in [6, 6.07) is 7.24. The first-order valence-corrected chi connectivity index (χ1v) is 5.01. The third kappa shape index (κ3) is 3.25. The summed E-state index contributed by atoms with van der Waals surface area (Å²) in [6.07, 6.45) is 0. The Labute approximate surface area is 89.3 Å². The molecule has 0 unspecified atom stereocenters.